The third kappa shape index (κ3) is 4.52. The highest BCUT2D eigenvalue weighted by Crippen LogP contribution is 2.27. The van der Waals surface area contributed by atoms with Crippen molar-refractivity contribution < 1.29 is 15.0 Å². The first kappa shape index (κ1) is 15.9. The molecule has 0 saturated carbocycles. The molecule has 0 unspecified atom stereocenters. The Hall–Kier alpha value is -2.49. The molecule has 2 aromatic rings. The van der Waals surface area contributed by atoms with E-state index in [-0.39, 0.29) is 17.4 Å². The van der Waals surface area contributed by atoms with Crippen molar-refractivity contribution in [2.45, 2.75) is 26.2 Å². The molecule has 0 aliphatic heterocycles. The number of carbonyl (C=O) groups is 1. The Morgan fingerprint density at radius 3 is 2.45 bits per heavy atom. The number of benzene rings is 2. The average Bonchev–Trinajstić information content (AvgIpc) is 2.51. The second-order valence-corrected chi connectivity index (χ2v) is 5.35. The van der Waals surface area contributed by atoms with E-state index in [1.165, 1.54) is 6.07 Å². The van der Waals surface area contributed by atoms with Gasteiger partial charge in [0.2, 0.25) is 5.91 Å². The molecule has 0 bridgehead atoms. The second kappa shape index (κ2) is 7.50. The molecule has 0 atom stereocenters. The Morgan fingerprint density at radius 2 is 1.73 bits per heavy atom. The Kier molecular flexibility index (Phi) is 5.42. The molecule has 4 heteroatoms. The summed E-state index contributed by atoms with van der Waals surface area (Å²) in [6, 6.07) is 13.0. The SMILES string of the molecule is Cc1cc(O)c(O)cc1CCNC(=O)CCc1ccccc1. The largest absolute Gasteiger partial charge is 0.504 e. The highest BCUT2D eigenvalue weighted by molar-refractivity contribution is 5.76. The van der Waals surface area contributed by atoms with Gasteiger partial charge in [-0.3, -0.25) is 4.79 Å². The van der Waals surface area contributed by atoms with Crippen LogP contribution in [-0.2, 0) is 17.6 Å². The molecular formula is C18H21NO3. The number of hydrogen-bond donors (Lipinski definition) is 3. The molecule has 116 valence electrons. The van der Waals surface area contributed by atoms with Crippen molar-refractivity contribution in [1.82, 2.24) is 5.32 Å². The van der Waals surface area contributed by atoms with Gasteiger partial charge in [-0.05, 0) is 48.6 Å². The van der Waals surface area contributed by atoms with Crippen LogP contribution in [0.25, 0.3) is 0 Å². The van der Waals surface area contributed by atoms with Crippen LogP contribution in [0.2, 0.25) is 0 Å². The number of phenolic OH excluding ortho intramolecular Hbond substituents is 2. The number of phenols is 2. The van der Waals surface area contributed by atoms with Crippen molar-refractivity contribution in [3.05, 3.63) is 59.2 Å². The molecule has 0 radical (unpaired) electrons. The van der Waals surface area contributed by atoms with E-state index in [0.717, 1.165) is 23.1 Å². The zero-order valence-electron chi connectivity index (χ0n) is 12.7. The zero-order chi connectivity index (χ0) is 15.9. The summed E-state index contributed by atoms with van der Waals surface area (Å²) >= 11 is 0. The number of aromatic hydroxyl groups is 2. The highest BCUT2D eigenvalue weighted by Gasteiger charge is 2.06. The molecule has 0 aliphatic rings. The molecule has 0 spiro atoms. The van der Waals surface area contributed by atoms with Crippen molar-refractivity contribution in [2.24, 2.45) is 0 Å². The fourth-order valence-electron chi connectivity index (χ4n) is 2.32. The van der Waals surface area contributed by atoms with Crippen molar-refractivity contribution in [3.8, 4) is 11.5 Å². The van der Waals surface area contributed by atoms with Crippen LogP contribution in [0.15, 0.2) is 42.5 Å². The monoisotopic (exact) mass is 299 g/mol. The molecule has 0 fully saturated rings. The van der Waals surface area contributed by atoms with Crippen molar-refractivity contribution in [1.29, 1.82) is 0 Å². The molecular weight excluding hydrogens is 278 g/mol. The van der Waals surface area contributed by atoms with Crippen molar-refractivity contribution >= 4 is 5.91 Å². The lowest BCUT2D eigenvalue weighted by molar-refractivity contribution is -0.121. The summed E-state index contributed by atoms with van der Waals surface area (Å²) in [4.78, 5) is 11.8. The van der Waals surface area contributed by atoms with E-state index in [2.05, 4.69) is 5.32 Å². The molecule has 0 aromatic heterocycles. The molecule has 0 heterocycles. The quantitative estimate of drug-likeness (QED) is 0.718. The van der Waals surface area contributed by atoms with Gasteiger partial charge >= 0.3 is 0 Å². The Labute approximate surface area is 130 Å². The number of nitrogens with one attached hydrogen (secondary N) is 1. The topological polar surface area (TPSA) is 69.6 Å². The van der Waals surface area contributed by atoms with Gasteiger partial charge in [0.1, 0.15) is 0 Å². The maximum absolute atomic E-state index is 11.8. The average molecular weight is 299 g/mol. The van der Waals surface area contributed by atoms with E-state index in [0.29, 0.717) is 19.4 Å². The molecule has 3 N–H and O–H groups in total. The Bertz CT molecular complexity index is 638. The zero-order valence-corrected chi connectivity index (χ0v) is 12.7. The lowest BCUT2D eigenvalue weighted by Crippen LogP contribution is -2.26. The van der Waals surface area contributed by atoms with Crippen LogP contribution in [0.1, 0.15) is 23.1 Å². The van der Waals surface area contributed by atoms with E-state index in [9.17, 15) is 15.0 Å². The summed E-state index contributed by atoms with van der Waals surface area (Å²) < 4.78 is 0. The van der Waals surface area contributed by atoms with Crippen LogP contribution >= 0.6 is 0 Å². The lowest BCUT2D eigenvalue weighted by atomic mass is 10.0. The standard InChI is InChI=1S/C18H21NO3/c1-13-11-16(20)17(21)12-15(13)9-10-19-18(22)8-7-14-5-3-2-4-6-14/h2-6,11-12,20-21H,7-10H2,1H3,(H,19,22). The molecule has 4 nitrogen and oxygen atoms in total. The first-order chi connectivity index (χ1) is 10.6. The van der Waals surface area contributed by atoms with Gasteiger partial charge in [-0.25, -0.2) is 0 Å². The summed E-state index contributed by atoms with van der Waals surface area (Å²) in [5.41, 5.74) is 2.96. The molecule has 1 amide bonds. The maximum atomic E-state index is 11.8. The van der Waals surface area contributed by atoms with Gasteiger partial charge in [0.15, 0.2) is 11.5 Å². The number of hydrogen-bond acceptors (Lipinski definition) is 3. The molecule has 0 saturated heterocycles. The van der Waals surface area contributed by atoms with E-state index >= 15 is 0 Å². The van der Waals surface area contributed by atoms with Crippen LogP contribution in [0.3, 0.4) is 0 Å². The smallest absolute Gasteiger partial charge is 0.220 e. The van der Waals surface area contributed by atoms with Gasteiger partial charge in [0, 0.05) is 13.0 Å². The first-order valence-electron chi connectivity index (χ1n) is 7.38. The van der Waals surface area contributed by atoms with E-state index in [1.54, 1.807) is 6.07 Å². The summed E-state index contributed by atoms with van der Waals surface area (Å²) in [6.07, 6.45) is 1.81. The third-order valence-electron chi connectivity index (χ3n) is 3.63. The maximum Gasteiger partial charge on any atom is 0.220 e. The first-order valence-corrected chi connectivity index (χ1v) is 7.38. The van der Waals surface area contributed by atoms with Crippen molar-refractivity contribution in [2.75, 3.05) is 6.54 Å². The van der Waals surface area contributed by atoms with E-state index < -0.39 is 0 Å². The van der Waals surface area contributed by atoms with Crippen LogP contribution in [0, 0.1) is 6.92 Å². The fourth-order valence-corrected chi connectivity index (χ4v) is 2.32. The molecule has 2 aromatic carbocycles. The van der Waals surface area contributed by atoms with Gasteiger partial charge in [0.25, 0.3) is 0 Å². The fraction of sp³-hybridized carbons (Fsp3) is 0.278. The van der Waals surface area contributed by atoms with Gasteiger partial charge in [-0.2, -0.15) is 0 Å². The Balaban J connectivity index is 1.76. The van der Waals surface area contributed by atoms with Gasteiger partial charge < -0.3 is 15.5 Å². The van der Waals surface area contributed by atoms with Gasteiger partial charge in [-0.15, -0.1) is 0 Å². The predicted octanol–water partition coefficient (Wildman–Crippen LogP) is 2.70. The molecule has 22 heavy (non-hydrogen) atoms. The number of amides is 1. The van der Waals surface area contributed by atoms with Crippen LogP contribution in [0.5, 0.6) is 11.5 Å². The number of aryl methyl sites for hydroxylation is 2. The summed E-state index contributed by atoms with van der Waals surface area (Å²) in [5.74, 6) is -0.228. The van der Waals surface area contributed by atoms with Gasteiger partial charge in [-0.1, -0.05) is 30.3 Å². The minimum absolute atomic E-state index is 0.0181. The number of carbonyl (C=O) groups excluding carboxylic acids is 1. The normalized spacial score (nSPS) is 10.4. The minimum Gasteiger partial charge on any atom is -0.504 e. The predicted molar refractivity (Wildman–Crippen MR) is 86.0 cm³/mol. The number of rotatable bonds is 6. The highest BCUT2D eigenvalue weighted by atomic mass is 16.3. The summed E-state index contributed by atoms with van der Waals surface area (Å²) in [7, 11) is 0. The van der Waals surface area contributed by atoms with Crippen LogP contribution < -0.4 is 5.32 Å². The summed E-state index contributed by atoms with van der Waals surface area (Å²) in [5, 5.41) is 21.8. The summed E-state index contributed by atoms with van der Waals surface area (Å²) in [6.45, 7) is 2.38. The van der Waals surface area contributed by atoms with Crippen molar-refractivity contribution in [3.63, 3.8) is 0 Å². The van der Waals surface area contributed by atoms with Crippen LogP contribution in [0.4, 0.5) is 0 Å². The molecule has 2 rings (SSSR count). The van der Waals surface area contributed by atoms with E-state index in [1.807, 2.05) is 37.3 Å². The molecule has 0 aliphatic carbocycles. The van der Waals surface area contributed by atoms with Gasteiger partial charge in [0.05, 0.1) is 0 Å². The Morgan fingerprint density at radius 1 is 1.05 bits per heavy atom. The van der Waals surface area contributed by atoms with E-state index in [4.69, 9.17) is 0 Å². The third-order valence-corrected chi connectivity index (χ3v) is 3.63. The van der Waals surface area contributed by atoms with Crippen LogP contribution in [-0.4, -0.2) is 22.7 Å². The lowest BCUT2D eigenvalue weighted by Gasteiger charge is -2.09. The second-order valence-electron chi connectivity index (χ2n) is 5.35. The minimum atomic E-state index is -0.129.